The zero-order chi connectivity index (χ0) is 24.2. The molecule has 1 aliphatic carbocycles. The topological polar surface area (TPSA) is 136 Å². The monoisotopic (exact) mass is 472 g/mol. The van der Waals surface area contributed by atoms with Gasteiger partial charge in [-0.15, -0.1) is 0 Å². The molecule has 0 unspecified atom stereocenters. The maximum atomic E-state index is 11.2. The SMILES string of the molecule is Cc1noc(-c2ccc(OC[C@H]3CC[C@@H]3C(=O)O)cn2)c1CNc1nccc(-c2ccccn2)n1. The molecule has 0 saturated heterocycles. The molecule has 0 amide bonds. The third kappa shape index (κ3) is 4.96. The number of carboxylic acid groups (broad SMARTS) is 1. The molecule has 5 rings (SSSR count). The van der Waals surface area contributed by atoms with E-state index in [9.17, 15) is 9.90 Å². The summed E-state index contributed by atoms with van der Waals surface area (Å²) in [5.74, 6) is 0.567. The van der Waals surface area contributed by atoms with E-state index in [1.54, 1.807) is 30.7 Å². The largest absolute Gasteiger partial charge is 0.492 e. The molecular weight excluding hydrogens is 448 g/mol. The summed E-state index contributed by atoms with van der Waals surface area (Å²) in [5.41, 5.74) is 3.68. The standard InChI is InChI=1S/C25H24N6O4/c1-15-19(13-29-25-27-11-9-21(30-25)20-4-2-3-10-26-20)23(35-31-15)22-8-6-17(12-28-22)34-14-16-5-7-18(16)24(32)33/h2-4,6,8-12,16,18H,5,7,13-14H2,1H3,(H,32,33)(H,27,29,30)/t16-,18+/m1/s1. The van der Waals surface area contributed by atoms with E-state index >= 15 is 0 Å². The lowest BCUT2D eigenvalue weighted by Gasteiger charge is -2.32. The van der Waals surface area contributed by atoms with Crippen LogP contribution < -0.4 is 10.1 Å². The number of nitrogens with zero attached hydrogens (tertiary/aromatic N) is 5. The molecular formula is C25H24N6O4. The molecule has 1 saturated carbocycles. The number of carboxylic acids is 1. The van der Waals surface area contributed by atoms with E-state index in [-0.39, 0.29) is 11.8 Å². The Hall–Kier alpha value is -4.34. The van der Waals surface area contributed by atoms with Gasteiger partial charge in [0.05, 0.1) is 35.8 Å². The summed E-state index contributed by atoms with van der Waals surface area (Å²) in [7, 11) is 0. The zero-order valence-corrected chi connectivity index (χ0v) is 19.1. The second-order valence-corrected chi connectivity index (χ2v) is 8.38. The molecule has 0 spiro atoms. The Bertz CT molecular complexity index is 1310. The summed E-state index contributed by atoms with van der Waals surface area (Å²) in [6, 6.07) is 11.1. The number of anilines is 1. The normalized spacial score (nSPS) is 16.9. The molecule has 2 N–H and O–H groups in total. The number of aryl methyl sites for hydroxylation is 1. The average molecular weight is 473 g/mol. The van der Waals surface area contributed by atoms with Gasteiger partial charge in [0.15, 0.2) is 5.76 Å². The summed E-state index contributed by atoms with van der Waals surface area (Å²) in [6.45, 7) is 2.63. The maximum absolute atomic E-state index is 11.2. The van der Waals surface area contributed by atoms with Crippen molar-refractivity contribution in [1.29, 1.82) is 0 Å². The van der Waals surface area contributed by atoms with E-state index in [4.69, 9.17) is 9.26 Å². The Morgan fingerprint density at radius 1 is 1.09 bits per heavy atom. The molecule has 0 bridgehead atoms. The van der Waals surface area contributed by atoms with Crippen molar-refractivity contribution in [2.75, 3.05) is 11.9 Å². The fourth-order valence-electron chi connectivity index (χ4n) is 3.96. The highest BCUT2D eigenvalue weighted by molar-refractivity contribution is 5.71. The van der Waals surface area contributed by atoms with Gasteiger partial charge in [0, 0.05) is 30.4 Å². The van der Waals surface area contributed by atoms with Crippen LogP contribution in [0.5, 0.6) is 5.75 Å². The Kier molecular flexibility index (Phi) is 6.34. The van der Waals surface area contributed by atoms with Gasteiger partial charge in [0.1, 0.15) is 11.4 Å². The van der Waals surface area contributed by atoms with E-state index < -0.39 is 5.97 Å². The number of ether oxygens (including phenoxy) is 1. The molecule has 1 aliphatic rings. The first-order valence-electron chi connectivity index (χ1n) is 11.3. The molecule has 0 radical (unpaired) electrons. The molecule has 0 aromatic carbocycles. The minimum atomic E-state index is -0.756. The van der Waals surface area contributed by atoms with Crippen LogP contribution in [0.25, 0.3) is 22.8 Å². The maximum Gasteiger partial charge on any atom is 0.306 e. The van der Waals surface area contributed by atoms with Crippen LogP contribution in [0.15, 0.2) is 59.5 Å². The number of aliphatic carboxylic acids is 1. The fraction of sp³-hybridized carbons (Fsp3) is 0.280. The van der Waals surface area contributed by atoms with Gasteiger partial charge in [-0.3, -0.25) is 9.78 Å². The first-order valence-corrected chi connectivity index (χ1v) is 11.3. The lowest BCUT2D eigenvalue weighted by Crippen LogP contribution is -2.36. The highest BCUT2D eigenvalue weighted by atomic mass is 16.5. The minimum Gasteiger partial charge on any atom is -0.492 e. The van der Waals surface area contributed by atoms with Crippen LogP contribution in [0, 0.1) is 18.8 Å². The van der Waals surface area contributed by atoms with Crippen molar-refractivity contribution in [3.05, 3.63) is 66.2 Å². The molecule has 0 aliphatic heterocycles. The lowest BCUT2D eigenvalue weighted by atomic mass is 9.74. The van der Waals surface area contributed by atoms with Crippen LogP contribution in [0.2, 0.25) is 0 Å². The summed E-state index contributed by atoms with van der Waals surface area (Å²) < 4.78 is 11.3. The first kappa shape index (κ1) is 22.5. The molecule has 2 atom stereocenters. The van der Waals surface area contributed by atoms with Crippen molar-refractivity contribution >= 4 is 11.9 Å². The van der Waals surface area contributed by atoms with E-state index in [0.29, 0.717) is 42.7 Å². The number of pyridine rings is 2. The van der Waals surface area contributed by atoms with E-state index in [1.807, 2.05) is 31.2 Å². The number of nitrogens with one attached hydrogen (secondary N) is 1. The predicted octanol–water partition coefficient (Wildman–Crippen LogP) is 4.00. The number of hydrogen-bond donors (Lipinski definition) is 2. The van der Waals surface area contributed by atoms with Gasteiger partial charge in [0.25, 0.3) is 0 Å². The highest BCUT2D eigenvalue weighted by Crippen LogP contribution is 2.35. The van der Waals surface area contributed by atoms with Crippen molar-refractivity contribution in [3.8, 4) is 28.6 Å². The summed E-state index contributed by atoms with van der Waals surface area (Å²) in [6.07, 6.45) is 6.59. The quantitative estimate of drug-likeness (QED) is 0.368. The van der Waals surface area contributed by atoms with Gasteiger partial charge >= 0.3 is 5.97 Å². The number of aromatic nitrogens is 5. The van der Waals surface area contributed by atoms with Gasteiger partial charge in [-0.05, 0) is 50.1 Å². The van der Waals surface area contributed by atoms with Crippen molar-refractivity contribution in [3.63, 3.8) is 0 Å². The molecule has 10 nitrogen and oxygen atoms in total. The Morgan fingerprint density at radius 3 is 2.71 bits per heavy atom. The van der Waals surface area contributed by atoms with Gasteiger partial charge in [-0.1, -0.05) is 11.2 Å². The summed E-state index contributed by atoms with van der Waals surface area (Å²) >= 11 is 0. The van der Waals surface area contributed by atoms with Crippen molar-refractivity contribution in [1.82, 2.24) is 25.1 Å². The van der Waals surface area contributed by atoms with Crippen LogP contribution in [0.1, 0.15) is 24.1 Å². The highest BCUT2D eigenvalue weighted by Gasteiger charge is 2.36. The zero-order valence-electron chi connectivity index (χ0n) is 19.1. The summed E-state index contributed by atoms with van der Waals surface area (Å²) in [5, 5.41) is 16.5. The van der Waals surface area contributed by atoms with E-state index in [0.717, 1.165) is 29.1 Å². The van der Waals surface area contributed by atoms with E-state index in [1.165, 1.54) is 0 Å². The Labute approximate surface area is 201 Å². The number of carbonyl (C=O) groups is 1. The van der Waals surface area contributed by atoms with Crippen molar-refractivity contribution in [2.45, 2.75) is 26.3 Å². The Balaban J connectivity index is 1.25. The van der Waals surface area contributed by atoms with Gasteiger partial charge in [0.2, 0.25) is 5.95 Å². The van der Waals surface area contributed by atoms with Gasteiger partial charge in [-0.2, -0.15) is 0 Å². The van der Waals surface area contributed by atoms with E-state index in [2.05, 4.69) is 30.4 Å². The van der Waals surface area contributed by atoms with Crippen molar-refractivity contribution in [2.24, 2.45) is 11.8 Å². The smallest absolute Gasteiger partial charge is 0.306 e. The molecule has 4 aromatic heterocycles. The fourth-order valence-corrected chi connectivity index (χ4v) is 3.96. The van der Waals surface area contributed by atoms with Crippen LogP contribution in [-0.4, -0.2) is 42.8 Å². The molecule has 4 heterocycles. The molecule has 178 valence electrons. The van der Waals surface area contributed by atoms with Crippen LogP contribution in [-0.2, 0) is 11.3 Å². The Morgan fingerprint density at radius 2 is 2.00 bits per heavy atom. The lowest BCUT2D eigenvalue weighted by molar-refractivity contribution is -0.148. The minimum absolute atomic E-state index is 0.0418. The van der Waals surface area contributed by atoms with Crippen LogP contribution in [0.4, 0.5) is 5.95 Å². The number of rotatable bonds is 9. The van der Waals surface area contributed by atoms with Crippen LogP contribution >= 0.6 is 0 Å². The third-order valence-corrected chi connectivity index (χ3v) is 6.16. The average Bonchev–Trinajstić information content (AvgIpc) is 3.23. The molecule has 1 fully saturated rings. The van der Waals surface area contributed by atoms with Gasteiger partial charge < -0.3 is 19.7 Å². The molecule has 35 heavy (non-hydrogen) atoms. The molecule has 4 aromatic rings. The third-order valence-electron chi connectivity index (χ3n) is 6.16. The first-order chi connectivity index (χ1) is 17.1. The summed E-state index contributed by atoms with van der Waals surface area (Å²) in [4.78, 5) is 28.8. The van der Waals surface area contributed by atoms with Gasteiger partial charge in [-0.25, -0.2) is 15.0 Å². The second-order valence-electron chi connectivity index (χ2n) is 8.38. The second kappa shape index (κ2) is 9.88. The van der Waals surface area contributed by atoms with Crippen molar-refractivity contribution < 1.29 is 19.2 Å². The molecule has 10 heteroatoms. The predicted molar refractivity (Wildman–Crippen MR) is 126 cm³/mol. The number of hydrogen-bond acceptors (Lipinski definition) is 9. The van der Waals surface area contributed by atoms with Crippen LogP contribution in [0.3, 0.4) is 0 Å².